The molecule has 0 aliphatic heterocycles. The number of thioether (sulfide) groups is 1. The second-order valence-corrected chi connectivity index (χ2v) is 7.18. The van der Waals surface area contributed by atoms with Gasteiger partial charge in [-0.05, 0) is 12.1 Å². The molecule has 0 saturated heterocycles. The van der Waals surface area contributed by atoms with Gasteiger partial charge in [0, 0.05) is 15.9 Å². The van der Waals surface area contributed by atoms with E-state index in [2.05, 4.69) is 32.3 Å². The lowest BCUT2D eigenvalue weighted by atomic mass is 10.2. The summed E-state index contributed by atoms with van der Waals surface area (Å²) in [6.07, 6.45) is 0. The van der Waals surface area contributed by atoms with Crippen LogP contribution in [0.2, 0.25) is 0 Å². The summed E-state index contributed by atoms with van der Waals surface area (Å²) in [5, 5.41) is 1.12. The quantitative estimate of drug-likeness (QED) is 0.656. The number of fused-ring (bicyclic) bond motifs is 1. The molecule has 0 amide bonds. The predicted molar refractivity (Wildman–Crippen MR) is 78.5 cm³/mol. The molecule has 0 aliphatic carbocycles. The Bertz CT molecular complexity index is 483. The van der Waals surface area contributed by atoms with Gasteiger partial charge in [0.1, 0.15) is 11.3 Å². The molecule has 0 aliphatic rings. The molecule has 0 radical (unpaired) electrons. The SMILES string of the molecule is CC(C)(C)SCC(NN)c1cc2ccccc2o1. The minimum Gasteiger partial charge on any atom is -0.459 e. The molecule has 0 bridgehead atoms. The van der Waals surface area contributed by atoms with E-state index in [1.807, 2.05) is 36.0 Å². The molecule has 1 heterocycles. The first kappa shape index (κ1) is 13.5. The first-order chi connectivity index (χ1) is 8.49. The Balaban J connectivity index is 2.16. The van der Waals surface area contributed by atoms with Gasteiger partial charge in [0.15, 0.2) is 0 Å². The molecule has 4 heteroatoms. The summed E-state index contributed by atoms with van der Waals surface area (Å²) in [6, 6.07) is 10.1. The standard InChI is InChI=1S/C14H20N2OS/c1-14(2,3)18-9-11(16-15)13-8-10-6-4-5-7-12(10)17-13/h4-8,11,16H,9,15H2,1-3H3. The van der Waals surface area contributed by atoms with Crippen molar-refractivity contribution in [1.29, 1.82) is 0 Å². The second kappa shape index (κ2) is 5.34. The molecule has 1 atom stereocenters. The Morgan fingerprint density at radius 3 is 2.67 bits per heavy atom. The zero-order chi connectivity index (χ0) is 13.2. The van der Waals surface area contributed by atoms with Gasteiger partial charge in [0.2, 0.25) is 0 Å². The van der Waals surface area contributed by atoms with Crippen molar-refractivity contribution in [2.75, 3.05) is 5.75 Å². The molecule has 2 aromatic rings. The summed E-state index contributed by atoms with van der Waals surface area (Å²) in [5.74, 6) is 7.42. The Labute approximate surface area is 112 Å². The van der Waals surface area contributed by atoms with Gasteiger partial charge in [-0.25, -0.2) is 5.43 Å². The summed E-state index contributed by atoms with van der Waals surface area (Å²) in [7, 11) is 0. The van der Waals surface area contributed by atoms with E-state index >= 15 is 0 Å². The molecule has 1 unspecified atom stereocenters. The number of hydrogen-bond acceptors (Lipinski definition) is 4. The normalized spacial score (nSPS) is 14.0. The van der Waals surface area contributed by atoms with E-state index in [9.17, 15) is 0 Å². The third-order valence-corrected chi connectivity index (χ3v) is 4.04. The van der Waals surface area contributed by atoms with Crippen LogP contribution in [0.5, 0.6) is 0 Å². The topological polar surface area (TPSA) is 51.2 Å². The van der Waals surface area contributed by atoms with Crippen LogP contribution in [0.25, 0.3) is 11.0 Å². The Kier molecular flexibility index (Phi) is 4.00. The molecule has 0 fully saturated rings. The molecule has 2 rings (SSSR count). The number of nitrogens with two attached hydrogens (primary N) is 1. The van der Waals surface area contributed by atoms with Crippen molar-refractivity contribution in [1.82, 2.24) is 5.43 Å². The highest BCUT2D eigenvalue weighted by Crippen LogP contribution is 2.30. The molecular weight excluding hydrogens is 244 g/mol. The van der Waals surface area contributed by atoms with Crippen LogP contribution < -0.4 is 11.3 Å². The van der Waals surface area contributed by atoms with Crippen molar-refractivity contribution in [2.45, 2.75) is 31.6 Å². The first-order valence-electron chi connectivity index (χ1n) is 6.08. The lowest BCUT2D eigenvalue weighted by Crippen LogP contribution is -2.30. The van der Waals surface area contributed by atoms with E-state index in [1.54, 1.807) is 0 Å². The molecule has 98 valence electrons. The van der Waals surface area contributed by atoms with E-state index in [-0.39, 0.29) is 10.8 Å². The van der Waals surface area contributed by atoms with Gasteiger partial charge in [-0.3, -0.25) is 5.84 Å². The fraction of sp³-hybridized carbons (Fsp3) is 0.429. The van der Waals surface area contributed by atoms with Crippen LogP contribution in [0.4, 0.5) is 0 Å². The van der Waals surface area contributed by atoms with Gasteiger partial charge in [-0.2, -0.15) is 11.8 Å². The summed E-state index contributed by atoms with van der Waals surface area (Å²) in [4.78, 5) is 0. The fourth-order valence-corrected chi connectivity index (χ4v) is 2.65. The predicted octanol–water partition coefficient (Wildman–Crippen LogP) is 3.47. The van der Waals surface area contributed by atoms with Gasteiger partial charge in [-0.15, -0.1) is 0 Å². The van der Waals surface area contributed by atoms with Gasteiger partial charge in [0.05, 0.1) is 6.04 Å². The Morgan fingerprint density at radius 1 is 1.33 bits per heavy atom. The zero-order valence-corrected chi connectivity index (χ0v) is 11.9. The third-order valence-electron chi connectivity index (χ3n) is 2.67. The largest absolute Gasteiger partial charge is 0.459 e. The maximum Gasteiger partial charge on any atom is 0.134 e. The van der Waals surface area contributed by atoms with Crippen molar-refractivity contribution in [3.05, 3.63) is 36.1 Å². The van der Waals surface area contributed by atoms with Gasteiger partial charge >= 0.3 is 0 Å². The van der Waals surface area contributed by atoms with Gasteiger partial charge in [0.25, 0.3) is 0 Å². The maximum absolute atomic E-state index is 5.83. The number of nitrogens with one attached hydrogen (secondary N) is 1. The van der Waals surface area contributed by atoms with E-state index in [0.717, 1.165) is 22.5 Å². The summed E-state index contributed by atoms with van der Waals surface area (Å²) < 4.78 is 6.05. The number of hydrogen-bond donors (Lipinski definition) is 2. The van der Waals surface area contributed by atoms with Crippen LogP contribution in [0.3, 0.4) is 0 Å². The molecule has 1 aromatic carbocycles. The smallest absolute Gasteiger partial charge is 0.134 e. The van der Waals surface area contributed by atoms with Crippen LogP contribution in [0.15, 0.2) is 34.7 Å². The molecule has 1 aromatic heterocycles. The van der Waals surface area contributed by atoms with Crippen LogP contribution in [-0.4, -0.2) is 10.5 Å². The van der Waals surface area contributed by atoms with Crippen LogP contribution in [0, 0.1) is 0 Å². The maximum atomic E-state index is 5.83. The van der Waals surface area contributed by atoms with Crippen LogP contribution >= 0.6 is 11.8 Å². The average Bonchev–Trinajstić information content (AvgIpc) is 2.71. The van der Waals surface area contributed by atoms with Gasteiger partial charge in [-0.1, -0.05) is 39.0 Å². The third kappa shape index (κ3) is 3.28. The number of benzene rings is 1. The zero-order valence-electron chi connectivity index (χ0n) is 11.1. The minimum atomic E-state index is 0.0432. The number of hydrazine groups is 1. The minimum absolute atomic E-state index is 0.0432. The monoisotopic (exact) mass is 264 g/mol. The first-order valence-corrected chi connectivity index (χ1v) is 7.07. The summed E-state index contributed by atoms with van der Waals surface area (Å²) >= 11 is 1.87. The summed E-state index contributed by atoms with van der Waals surface area (Å²) in [5.41, 5.74) is 3.75. The van der Waals surface area contributed by atoms with Crippen molar-refractivity contribution in [3.63, 3.8) is 0 Å². The molecule has 3 nitrogen and oxygen atoms in total. The van der Waals surface area contributed by atoms with E-state index < -0.39 is 0 Å². The van der Waals surface area contributed by atoms with E-state index in [4.69, 9.17) is 10.3 Å². The summed E-state index contributed by atoms with van der Waals surface area (Å²) in [6.45, 7) is 6.59. The van der Waals surface area contributed by atoms with Crippen molar-refractivity contribution >= 4 is 22.7 Å². The van der Waals surface area contributed by atoms with Crippen LogP contribution in [0.1, 0.15) is 32.6 Å². The number of para-hydroxylation sites is 1. The average molecular weight is 264 g/mol. The van der Waals surface area contributed by atoms with Crippen LogP contribution in [-0.2, 0) is 0 Å². The molecule has 0 saturated carbocycles. The number of furan rings is 1. The lowest BCUT2D eigenvalue weighted by molar-refractivity contribution is 0.463. The molecule has 3 N–H and O–H groups in total. The fourth-order valence-electron chi connectivity index (χ4n) is 1.72. The Morgan fingerprint density at radius 2 is 2.06 bits per heavy atom. The highest BCUT2D eigenvalue weighted by atomic mass is 32.2. The lowest BCUT2D eigenvalue weighted by Gasteiger charge is -2.21. The number of rotatable bonds is 4. The second-order valence-electron chi connectivity index (χ2n) is 5.33. The molecular formula is C14H20N2OS. The van der Waals surface area contributed by atoms with Crippen molar-refractivity contribution in [2.24, 2.45) is 5.84 Å². The Hall–Kier alpha value is -0.970. The highest BCUT2D eigenvalue weighted by molar-refractivity contribution is 8.00. The van der Waals surface area contributed by atoms with E-state index in [0.29, 0.717) is 0 Å². The van der Waals surface area contributed by atoms with Crippen molar-refractivity contribution in [3.8, 4) is 0 Å². The molecule has 18 heavy (non-hydrogen) atoms. The highest BCUT2D eigenvalue weighted by Gasteiger charge is 2.19. The van der Waals surface area contributed by atoms with Gasteiger partial charge < -0.3 is 4.42 Å². The van der Waals surface area contributed by atoms with Crippen molar-refractivity contribution < 1.29 is 4.42 Å². The van der Waals surface area contributed by atoms with E-state index in [1.165, 1.54) is 0 Å². The molecule has 0 spiro atoms.